The van der Waals surface area contributed by atoms with Gasteiger partial charge in [0, 0.05) is 29.3 Å². The van der Waals surface area contributed by atoms with Crippen LogP contribution in [0.25, 0.3) is 0 Å². The minimum atomic E-state index is 0.00409. The van der Waals surface area contributed by atoms with Crippen molar-refractivity contribution in [1.29, 1.82) is 5.26 Å². The maximum atomic E-state index is 12.1. The monoisotopic (exact) mass is 303 g/mol. The zero-order valence-electron chi connectivity index (χ0n) is 12.6. The van der Waals surface area contributed by atoms with Crippen LogP contribution in [0.4, 0.5) is 5.69 Å². The highest BCUT2D eigenvalue weighted by Gasteiger charge is 2.24. The highest BCUT2D eigenvalue weighted by Crippen LogP contribution is 2.30. The molecule has 0 radical (unpaired) electrons. The van der Waals surface area contributed by atoms with Crippen LogP contribution in [0.1, 0.15) is 25.8 Å². The molecule has 0 unspecified atom stereocenters. The molecular formula is C16H21N3OS. The third-order valence-electron chi connectivity index (χ3n) is 3.60. The Kier molecular flexibility index (Phi) is 5.27. The lowest BCUT2D eigenvalue weighted by Crippen LogP contribution is -2.35. The van der Waals surface area contributed by atoms with E-state index in [1.807, 2.05) is 11.8 Å². The van der Waals surface area contributed by atoms with Crippen LogP contribution in [-0.2, 0) is 4.79 Å². The molecule has 112 valence electrons. The Morgan fingerprint density at radius 3 is 2.76 bits per heavy atom. The SMILES string of the molecule is CC1(C)CCN(CC(=O)Nc2ccc(C#N)cc2)CCS1. The first-order valence-corrected chi connectivity index (χ1v) is 8.13. The predicted molar refractivity (Wildman–Crippen MR) is 87.4 cm³/mol. The lowest BCUT2D eigenvalue weighted by atomic mass is 10.1. The fraction of sp³-hybridized carbons (Fsp3) is 0.500. The average molecular weight is 303 g/mol. The first kappa shape index (κ1) is 15.9. The Labute approximate surface area is 130 Å². The van der Waals surface area contributed by atoms with Crippen LogP contribution < -0.4 is 5.32 Å². The average Bonchev–Trinajstić information content (AvgIpc) is 2.61. The van der Waals surface area contributed by atoms with Crippen molar-refractivity contribution in [1.82, 2.24) is 4.90 Å². The minimum Gasteiger partial charge on any atom is -0.325 e. The first-order valence-electron chi connectivity index (χ1n) is 7.15. The summed E-state index contributed by atoms with van der Waals surface area (Å²) in [5.74, 6) is 1.07. The van der Waals surface area contributed by atoms with Crippen molar-refractivity contribution in [3.8, 4) is 6.07 Å². The molecule has 0 atom stereocenters. The van der Waals surface area contributed by atoms with Gasteiger partial charge in [-0.3, -0.25) is 9.69 Å². The number of nitrogens with one attached hydrogen (secondary N) is 1. The molecule has 1 saturated heterocycles. The van der Waals surface area contributed by atoms with Crippen LogP contribution in [0.5, 0.6) is 0 Å². The molecule has 1 aliphatic heterocycles. The van der Waals surface area contributed by atoms with Crippen LogP contribution in [0.2, 0.25) is 0 Å². The van der Waals surface area contributed by atoms with E-state index in [9.17, 15) is 4.79 Å². The van der Waals surface area contributed by atoms with E-state index >= 15 is 0 Å². The first-order chi connectivity index (χ1) is 9.98. The third kappa shape index (κ3) is 5.07. The Hall–Kier alpha value is -1.51. The summed E-state index contributed by atoms with van der Waals surface area (Å²) in [5.41, 5.74) is 1.34. The Bertz CT molecular complexity index is 533. The summed E-state index contributed by atoms with van der Waals surface area (Å²) >= 11 is 1.98. The van der Waals surface area contributed by atoms with Gasteiger partial charge in [-0.2, -0.15) is 17.0 Å². The van der Waals surface area contributed by atoms with Gasteiger partial charge in [0.05, 0.1) is 18.2 Å². The van der Waals surface area contributed by atoms with Crippen LogP contribution >= 0.6 is 11.8 Å². The van der Waals surface area contributed by atoms with Gasteiger partial charge < -0.3 is 5.32 Å². The fourth-order valence-electron chi connectivity index (χ4n) is 2.25. The van der Waals surface area contributed by atoms with E-state index in [-0.39, 0.29) is 5.91 Å². The number of hydrogen-bond acceptors (Lipinski definition) is 4. The van der Waals surface area contributed by atoms with Gasteiger partial charge in [0.2, 0.25) is 5.91 Å². The number of amides is 1. The van der Waals surface area contributed by atoms with Crippen molar-refractivity contribution < 1.29 is 4.79 Å². The van der Waals surface area contributed by atoms with Gasteiger partial charge in [-0.25, -0.2) is 0 Å². The summed E-state index contributed by atoms with van der Waals surface area (Å²) in [4.78, 5) is 14.3. The van der Waals surface area contributed by atoms with E-state index in [4.69, 9.17) is 5.26 Å². The molecule has 1 N–H and O–H groups in total. The van der Waals surface area contributed by atoms with E-state index in [0.29, 0.717) is 16.9 Å². The molecule has 2 rings (SSSR count). The molecule has 0 bridgehead atoms. The van der Waals surface area contributed by atoms with E-state index in [1.165, 1.54) is 0 Å². The van der Waals surface area contributed by atoms with Gasteiger partial charge in [-0.1, -0.05) is 13.8 Å². The highest BCUT2D eigenvalue weighted by atomic mass is 32.2. The second kappa shape index (κ2) is 6.97. The van der Waals surface area contributed by atoms with E-state index in [0.717, 1.165) is 31.0 Å². The Morgan fingerprint density at radius 2 is 2.10 bits per heavy atom. The summed E-state index contributed by atoms with van der Waals surface area (Å²) in [6.07, 6.45) is 1.10. The van der Waals surface area contributed by atoms with E-state index in [2.05, 4.69) is 30.1 Å². The number of anilines is 1. The van der Waals surface area contributed by atoms with E-state index in [1.54, 1.807) is 24.3 Å². The topological polar surface area (TPSA) is 56.1 Å². The second-order valence-electron chi connectivity index (χ2n) is 5.87. The van der Waals surface area contributed by atoms with Gasteiger partial charge in [0.15, 0.2) is 0 Å². The van der Waals surface area contributed by atoms with Crippen LogP contribution in [-0.4, -0.2) is 40.9 Å². The maximum absolute atomic E-state index is 12.1. The quantitative estimate of drug-likeness (QED) is 0.933. The van der Waals surface area contributed by atoms with Gasteiger partial charge in [0.1, 0.15) is 0 Å². The molecule has 1 aromatic rings. The summed E-state index contributed by atoms with van der Waals surface area (Å²) < 4.78 is 0.304. The van der Waals surface area contributed by atoms with Crippen molar-refractivity contribution in [2.24, 2.45) is 0 Å². The highest BCUT2D eigenvalue weighted by molar-refractivity contribution is 8.00. The van der Waals surface area contributed by atoms with Crippen LogP contribution in [0.3, 0.4) is 0 Å². The lowest BCUT2D eigenvalue weighted by molar-refractivity contribution is -0.117. The van der Waals surface area contributed by atoms with Crippen molar-refractivity contribution in [2.45, 2.75) is 25.0 Å². The van der Waals surface area contributed by atoms with Crippen molar-refractivity contribution in [3.63, 3.8) is 0 Å². The summed E-state index contributed by atoms with van der Waals surface area (Å²) in [5, 5.41) is 11.6. The van der Waals surface area contributed by atoms with Crippen molar-refractivity contribution >= 4 is 23.4 Å². The van der Waals surface area contributed by atoms with Crippen LogP contribution in [0, 0.1) is 11.3 Å². The molecule has 1 amide bonds. The Morgan fingerprint density at radius 1 is 1.38 bits per heavy atom. The molecule has 0 spiro atoms. The molecule has 21 heavy (non-hydrogen) atoms. The molecule has 0 aliphatic carbocycles. The summed E-state index contributed by atoms with van der Waals surface area (Å²) in [6, 6.07) is 9.01. The molecular weight excluding hydrogens is 282 g/mol. The normalized spacial score (nSPS) is 18.5. The molecule has 5 heteroatoms. The smallest absolute Gasteiger partial charge is 0.238 e. The summed E-state index contributed by atoms with van der Waals surface area (Å²) in [7, 11) is 0. The molecule has 0 aromatic heterocycles. The fourth-order valence-corrected chi connectivity index (χ4v) is 3.39. The molecule has 1 fully saturated rings. The third-order valence-corrected chi connectivity index (χ3v) is 4.97. The van der Waals surface area contributed by atoms with Crippen molar-refractivity contribution in [2.75, 3.05) is 30.7 Å². The van der Waals surface area contributed by atoms with Crippen molar-refractivity contribution in [3.05, 3.63) is 29.8 Å². The second-order valence-corrected chi connectivity index (χ2v) is 7.67. The zero-order chi connectivity index (χ0) is 15.3. The number of carbonyl (C=O) groups is 1. The van der Waals surface area contributed by atoms with Gasteiger partial charge in [-0.05, 0) is 30.7 Å². The molecule has 1 aromatic carbocycles. The number of rotatable bonds is 3. The molecule has 1 heterocycles. The largest absolute Gasteiger partial charge is 0.325 e. The maximum Gasteiger partial charge on any atom is 0.238 e. The number of thioether (sulfide) groups is 1. The summed E-state index contributed by atoms with van der Waals surface area (Å²) in [6.45, 7) is 6.86. The molecule has 1 aliphatic rings. The number of nitriles is 1. The number of nitrogens with zero attached hydrogens (tertiary/aromatic N) is 2. The van der Waals surface area contributed by atoms with Gasteiger partial charge >= 0.3 is 0 Å². The molecule has 4 nitrogen and oxygen atoms in total. The number of benzene rings is 1. The molecule has 0 saturated carbocycles. The van der Waals surface area contributed by atoms with Crippen LogP contribution in [0.15, 0.2) is 24.3 Å². The standard InChI is InChI=1S/C16H21N3OS/c1-16(2)7-8-19(9-10-21-16)12-15(20)18-14-5-3-13(11-17)4-6-14/h3-6H,7-10,12H2,1-2H3,(H,18,20). The minimum absolute atomic E-state index is 0.00409. The van der Waals surface area contributed by atoms with Gasteiger partial charge in [-0.15, -0.1) is 0 Å². The lowest BCUT2D eigenvalue weighted by Gasteiger charge is -2.22. The number of carbonyl (C=O) groups excluding carboxylic acids is 1. The Balaban J connectivity index is 1.85. The van der Waals surface area contributed by atoms with Gasteiger partial charge in [0.25, 0.3) is 0 Å². The number of hydrogen-bond donors (Lipinski definition) is 1. The zero-order valence-corrected chi connectivity index (χ0v) is 13.4. The predicted octanol–water partition coefficient (Wildman–Crippen LogP) is 2.71. The van der Waals surface area contributed by atoms with E-state index < -0.39 is 0 Å².